The SMILES string of the molecule is CCCc1ccc(C(=O)N2CCC(C)(CN)C2)cc1.Cl. The van der Waals surface area contributed by atoms with Gasteiger partial charge >= 0.3 is 0 Å². The van der Waals surface area contributed by atoms with E-state index in [4.69, 9.17) is 5.73 Å². The highest BCUT2D eigenvalue weighted by atomic mass is 35.5. The first-order chi connectivity index (χ1) is 9.08. The second kappa shape index (κ2) is 7.09. The average Bonchev–Trinajstić information content (AvgIpc) is 2.83. The molecule has 1 amide bonds. The fourth-order valence-corrected chi connectivity index (χ4v) is 2.65. The van der Waals surface area contributed by atoms with Gasteiger partial charge in [0.1, 0.15) is 0 Å². The fourth-order valence-electron chi connectivity index (χ4n) is 2.65. The van der Waals surface area contributed by atoms with E-state index in [0.29, 0.717) is 6.54 Å². The monoisotopic (exact) mass is 296 g/mol. The first-order valence-electron chi connectivity index (χ1n) is 7.16. The zero-order chi connectivity index (χ0) is 13.9. The third-order valence-corrected chi connectivity index (χ3v) is 4.08. The number of carbonyl (C=O) groups excluding carboxylic acids is 1. The zero-order valence-corrected chi connectivity index (χ0v) is 13.2. The Morgan fingerprint density at radius 3 is 2.50 bits per heavy atom. The lowest BCUT2D eigenvalue weighted by Crippen LogP contribution is -2.34. The van der Waals surface area contributed by atoms with E-state index >= 15 is 0 Å². The molecule has 0 radical (unpaired) electrons. The predicted octanol–water partition coefficient (Wildman–Crippen LogP) is 2.87. The van der Waals surface area contributed by atoms with Gasteiger partial charge in [0, 0.05) is 18.7 Å². The van der Waals surface area contributed by atoms with Crippen molar-refractivity contribution in [2.45, 2.75) is 33.1 Å². The van der Waals surface area contributed by atoms with Crippen LogP contribution in [0.4, 0.5) is 0 Å². The van der Waals surface area contributed by atoms with Crippen molar-refractivity contribution in [3.63, 3.8) is 0 Å². The van der Waals surface area contributed by atoms with Gasteiger partial charge in [-0.2, -0.15) is 0 Å². The van der Waals surface area contributed by atoms with Crippen molar-refractivity contribution in [2.75, 3.05) is 19.6 Å². The Morgan fingerprint density at radius 2 is 2.00 bits per heavy atom. The zero-order valence-electron chi connectivity index (χ0n) is 12.4. The lowest BCUT2D eigenvalue weighted by atomic mass is 9.90. The number of halogens is 1. The number of amides is 1. The van der Waals surface area contributed by atoms with Crippen molar-refractivity contribution in [3.05, 3.63) is 35.4 Å². The summed E-state index contributed by atoms with van der Waals surface area (Å²) in [6, 6.07) is 8.03. The predicted molar refractivity (Wildman–Crippen MR) is 85.4 cm³/mol. The molecule has 0 saturated carbocycles. The number of benzene rings is 1. The standard InChI is InChI=1S/C16H24N2O.ClH/c1-3-4-13-5-7-14(8-6-13)15(19)18-10-9-16(2,11-17)12-18;/h5-8H,3-4,9-12,17H2,1-2H3;1H. The molecule has 1 fully saturated rings. The summed E-state index contributed by atoms with van der Waals surface area (Å²) in [4.78, 5) is 14.3. The van der Waals surface area contributed by atoms with E-state index in [0.717, 1.165) is 37.9 Å². The number of likely N-dealkylation sites (tertiary alicyclic amines) is 1. The Kier molecular flexibility index (Phi) is 6.03. The third-order valence-electron chi connectivity index (χ3n) is 4.08. The van der Waals surface area contributed by atoms with E-state index in [2.05, 4.69) is 26.0 Å². The summed E-state index contributed by atoms with van der Waals surface area (Å²) >= 11 is 0. The Labute approximate surface area is 127 Å². The molecule has 1 heterocycles. The van der Waals surface area contributed by atoms with Crippen molar-refractivity contribution in [1.29, 1.82) is 0 Å². The molecule has 1 atom stereocenters. The molecule has 2 N–H and O–H groups in total. The number of rotatable bonds is 4. The molecule has 2 rings (SSSR count). The van der Waals surface area contributed by atoms with Crippen molar-refractivity contribution >= 4 is 18.3 Å². The van der Waals surface area contributed by atoms with Crippen LogP contribution in [0.5, 0.6) is 0 Å². The van der Waals surface area contributed by atoms with Crippen LogP contribution in [0.15, 0.2) is 24.3 Å². The van der Waals surface area contributed by atoms with Gasteiger partial charge in [-0.05, 0) is 42.5 Å². The molecule has 0 bridgehead atoms. The topological polar surface area (TPSA) is 46.3 Å². The van der Waals surface area contributed by atoms with E-state index in [1.807, 2.05) is 17.0 Å². The molecule has 0 aliphatic carbocycles. The van der Waals surface area contributed by atoms with Crippen LogP contribution in [-0.4, -0.2) is 30.4 Å². The molecule has 0 aromatic heterocycles. The molecule has 0 spiro atoms. The van der Waals surface area contributed by atoms with Gasteiger partial charge in [-0.15, -0.1) is 12.4 Å². The quantitative estimate of drug-likeness (QED) is 0.928. The Hall–Kier alpha value is -1.06. The fraction of sp³-hybridized carbons (Fsp3) is 0.562. The van der Waals surface area contributed by atoms with Gasteiger partial charge in [-0.25, -0.2) is 0 Å². The molecule has 1 aromatic carbocycles. The maximum atomic E-state index is 12.4. The highest BCUT2D eigenvalue weighted by molar-refractivity contribution is 5.94. The maximum absolute atomic E-state index is 12.4. The van der Waals surface area contributed by atoms with Gasteiger partial charge in [0.25, 0.3) is 5.91 Å². The minimum atomic E-state index is 0. The minimum Gasteiger partial charge on any atom is -0.338 e. The third kappa shape index (κ3) is 3.74. The van der Waals surface area contributed by atoms with Gasteiger partial charge in [-0.3, -0.25) is 4.79 Å². The summed E-state index contributed by atoms with van der Waals surface area (Å²) in [5.74, 6) is 0.139. The van der Waals surface area contributed by atoms with E-state index < -0.39 is 0 Å². The first kappa shape index (κ1) is 17.0. The molecule has 1 aromatic rings. The van der Waals surface area contributed by atoms with Gasteiger partial charge in [0.15, 0.2) is 0 Å². The lowest BCUT2D eigenvalue weighted by molar-refractivity contribution is 0.0777. The van der Waals surface area contributed by atoms with Gasteiger partial charge in [-0.1, -0.05) is 32.4 Å². The number of carbonyl (C=O) groups is 1. The number of nitrogens with zero attached hydrogens (tertiary/aromatic N) is 1. The van der Waals surface area contributed by atoms with Gasteiger partial charge < -0.3 is 10.6 Å². The van der Waals surface area contributed by atoms with Crippen LogP contribution in [0.1, 0.15) is 42.6 Å². The molecule has 1 unspecified atom stereocenters. The molecular formula is C16H25ClN2O. The summed E-state index contributed by atoms with van der Waals surface area (Å²) < 4.78 is 0. The van der Waals surface area contributed by atoms with Crippen molar-refractivity contribution in [1.82, 2.24) is 4.90 Å². The van der Waals surface area contributed by atoms with Crippen LogP contribution < -0.4 is 5.73 Å². The normalized spacial score (nSPS) is 21.6. The number of nitrogens with two attached hydrogens (primary N) is 1. The maximum Gasteiger partial charge on any atom is 0.253 e. The van der Waals surface area contributed by atoms with Crippen LogP contribution in [0.2, 0.25) is 0 Å². The molecule has 1 aliphatic heterocycles. The van der Waals surface area contributed by atoms with Crippen LogP contribution in [0.3, 0.4) is 0 Å². The average molecular weight is 297 g/mol. The number of hydrogen-bond donors (Lipinski definition) is 1. The van der Waals surface area contributed by atoms with Gasteiger partial charge in [0.2, 0.25) is 0 Å². The minimum absolute atomic E-state index is 0. The second-order valence-electron chi connectivity index (χ2n) is 5.94. The Balaban J connectivity index is 0.00000200. The van der Waals surface area contributed by atoms with Crippen LogP contribution in [0.25, 0.3) is 0 Å². The van der Waals surface area contributed by atoms with Crippen molar-refractivity contribution < 1.29 is 4.79 Å². The highest BCUT2D eigenvalue weighted by Crippen LogP contribution is 2.29. The molecule has 1 aliphatic rings. The summed E-state index contributed by atoms with van der Waals surface area (Å²) in [7, 11) is 0. The van der Waals surface area contributed by atoms with Crippen molar-refractivity contribution in [3.8, 4) is 0 Å². The molecule has 4 heteroatoms. The first-order valence-corrected chi connectivity index (χ1v) is 7.16. The molecule has 112 valence electrons. The largest absolute Gasteiger partial charge is 0.338 e. The summed E-state index contributed by atoms with van der Waals surface area (Å²) in [6.07, 6.45) is 3.21. The number of aryl methyl sites for hydroxylation is 1. The second-order valence-corrected chi connectivity index (χ2v) is 5.94. The van der Waals surface area contributed by atoms with E-state index in [1.165, 1.54) is 5.56 Å². The molecule has 20 heavy (non-hydrogen) atoms. The van der Waals surface area contributed by atoms with E-state index in [9.17, 15) is 4.79 Å². The van der Waals surface area contributed by atoms with Crippen LogP contribution >= 0.6 is 12.4 Å². The van der Waals surface area contributed by atoms with E-state index in [1.54, 1.807) is 0 Å². The summed E-state index contributed by atoms with van der Waals surface area (Å²) in [5, 5.41) is 0. The lowest BCUT2D eigenvalue weighted by Gasteiger charge is -2.22. The van der Waals surface area contributed by atoms with Crippen LogP contribution in [0, 0.1) is 5.41 Å². The highest BCUT2D eigenvalue weighted by Gasteiger charge is 2.35. The Morgan fingerprint density at radius 1 is 1.35 bits per heavy atom. The Bertz CT molecular complexity index is 446. The molecule has 3 nitrogen and oxygen atoms in total. The van der Waals surface area contributed by atoms with Crippen LogP contribution in [-0.2, 0) is 6.42 Å². The van der Waals surface area contributed by atoms with Gasteiger partial charge in [0.05, 0.1) is 0 Å². The van der Waals surface area contributed by atoms with E-state index in [-0.39, 0.29) is 23.7 Å². The summed E-state index contributed by atoms with van der Waals surface area (Å²) in [6.45, 7) is 6.57. The smallest absolute Gasteiger partial charge is 0.253 e. The molecule has 1 saturated heterocycles. The van der Waals surface area contributed by atoms with Crippen molar-refractivity contribution in [2.24, 2.45) is 11.1 Å². The molecular weight excluding hydrogens is 272 g/mol. The summed E-state index contributed by atoms with van der Waals surface area (Å²) in [5.41, 5.74) is 7.97. The number of hydrogen-bond acceptors (Lipinski definition) is 2.